The van der Waals surface area contributed by atoms with Crippen molar-refractivity contribution in [1.29, 1.82) is 0 Å². The summed E-state index contributed by atoms with van der Waals surface area (Å²) in [6, 6.07) is 15.2. The first-order chi connectivity index (χ1) is 14.1. The number of fused-ring (bicyclic) bond motifs is 1. The first-order valence-electron chi connectivity index (χ1n) is 10.0. The average molecular weight is 418 g/mol. The maximum absolute atomic E-state index is 12.5. The van der Waals surface area contributed by atoms with Gasteiger partial charge < -0.3 is 14.4 Å². The molecule has 0 saturated carbocycles. The van der Waals surface area contributed by atoms with Crippen molar-refractivity contribution in [3.05, 3.63) is 48.5 Å². The Morgan fingerprint density at radius 1 is 0.897 bits per heavy atom. The third-order valence-electron chi connectivity index (χ3n) is 5.26. The quantitative estimate of drug-likeness (QED) is 0.695. The molecule has 1 saturated heterocycles. The van der Waals surface area contributed by atoms with Crippen molar-refractivity contribution >= 4 is 15.7 Å². The Morgan fingerprint density at radius 3 is 2.38 bits per heavy atom. The number of hydrogen-bond donors (Lipinski definition) is 1. The summed E-state index contributed by atoms with van der Waals surface area (Å²) in [4.78, 5) is 4.98. The molecule has 2 aliphatic rings. The van der Waals surface area contributed by atoms with Gasteiger partial charge in [0.25, 0.3) is 0 Å². The standard InChI is InChI=1S/C21H27N3O4S/c25-29(26,19-7-8-20-21(17-19)28-16-15-27-20)22-9-4-10-23-11-13-24(14-12-23)18-5-2-1-3-6-18/h1-3,5-8,17,22H,4,9-16H2. The van der Waals surface area contributed by atoms with Crippen LogP contribution in [0.5, 0.6) is 11.5 Å². The fraction of sp³-hybridized carbons (Fsp3) is 0.429. The second-order valence-electron chi connectivity index (χ2n) is 7.22. The molecule has 0 radical (unpaired) electrons. The molecule has 4 rings (SSSR count). The van der Waals surface area contributed by atoms with Gasteiger partial charge in [0.15, 0.2) is 11.5 Å². The van der Waals surface area contributed by atoms with E-state index in [1.165, 1.54) is 11.8 Å². The smallest absolute Gasteiger partial charge is 0.240 e. The van der Waals surface area contributed by atoms with Crippen molar-refractivity contribution in [3.63, 3.8) is 0 Å². The number of piperazine rings is 1. The largest absolute Gasteiger partial charge is 0.486 e. The molecule has 29 heavy (non-hydrogen) atoms. The fourth-order valence-electron chi connectivity index (χ4n) is 3.65. The number of ether oxygens (including phenoxy) is 2. The Balaban J connectivity index is 1.21. The molecule has 2 aromatic rings. The monoisotopic (exact) mass is 417 g/mol. The van der Waals surface area contributed by atoms with E-state index >= 15 is 0 Å². The molecule has 7 nitrogen and oxygen atoms in total. The highest BCUT2D eigenvalue weighted by Gasteiger charge is 2.20. The van der Waals surface area contributed by atoms with E-state index in [4.69, 9.17) is 9.47 Å². The minimum atomic E-state index is -3.55. The molecular formula is C21H27N3O4S. The number of nitrogens with one attached hydrogen (secondary N) is 1. The van der Waals surface area contributed by atoms with E-state index in [0.717, 1.165) is 39.1 Å². The summed E-state index contributed by atoms with van der Waals surface area (Å²) in [5.41, 5.74) is 1.26. The predicted molar refractivity (Wildman–Crippen MR) is 112 cm³/mol. The number of anilines is 1. The molecule has 0 aliphatic carbocycles. The molecule has 0 atom stereocenters. The topological polar surface area (TPSA) is 71.1 Å². The van der Waals surface area contributed by atoms with Gasteiger partial charge in [0.1, 0.15) is 13.2 Å². The zero-order valence-electron chi connectivity index (χ0n) is 16.4. The van der Waals surface area contributed by atoms with Gasteiger partial charge in [-0.25, -0.2) is 13.1 Å². The first-order valence-corrected chi connectivity index (χ1v) is 11.5. The zero-order chi connectivity index (χ0) is 20.1. The van der Waals surface area contributed by atoms with Gasteiger partial charge in [0.2, 0.25) is 10.0 Å². The van der Waals surface area contributed by atoms with E-state index in [1.54, 1.807) is 12.1 Å². The molecule has 2 heterocycles. The molecule has 0 aromatic heterocycles. The van der Waals surface area contributed by atoms with Crippen LogP contribution in [0.15, 0.2) is 53.4 Å². The van der Waals surface area contributed by atoms with E-state index in [0.29, 0.717) is 31.3 Å². The molecule has 2 aromatic carbocycles. The van der Waals surface area contributed by atoms with Crippen LogP contribution < -0.4 is 19.1 Å². The highest BCUT2D eigenvalue weighted by atomic mass is 32.2. The molecule has 1 fully saturated rings. The van der Waals surface area contributed by atoms with E-state index in [9.17, 15) is 8.42 Å². The van der Waals surface area contributed by atoms with E-state index in [-0.39, 0.29) is 4.90 Å². The number of nitrogens with zero attached hydrogens (tertiary/aromatic N) is 2. The molecule has 0 amide bonds. The van der Waals surface area contributed by atoms with Gasteiger partial charge in [0, 0.05) is 44.5 Å². The van der Waals surface area contributed by atoms with Crippen LogP contribution in [0, 0.1) is 0 Å². The molecule has 1 N–H and O–H groups in total. The van der Waals surface area contributed by atoms with Crippen LogP contribution in [0.25, 0.3) is 0 Å². The summed E-state index contributed by atoms with van der Waals surface area (Å²) >= 11 is 0. The molecule has 8 heteroatoms. The molecule has 0 spiro atoms. The minimum Gasteiger partial charge on any atom is -0.486 e. The Hall–Kier alpha value is -2.29. The maximum Gasteiger partial charge on any atom is 0.240 e. The van der Waals surface area contributed by atoms with Gasteiger partial charge in [0.05, 0.1) is 4.90 Å². The second kappa shape index (κ2) is 9.02. The summed E-state index contributed by atoms with van der Waals surface area (Å²) in [6.07, 6.45) is 0.773. The van der Waals surface area contributed by atoms with Crippen LogP contribution in [-0.4, -0.2) is 65.8 Å². The summed E-state index contributed by atoms with van der Waals surface area (Å²) in [5.74, 6) is 1.07. The number of sulfonamides is 1. The van der Waals surface area contributed by atoms with E-state index in [1.807, 2.05) is 6.07 Å². The average Bonchev–Trinajstić information content (AvgIpc) is 2.77. The number of benzene rings is 2. The van der Waals surface area contributed by atoms with Gasteiger partial charge in [-0.1, -0.05) is 18.2 Å². The Bertz CT molecular complexity index is 913. The van der Waals surface area contributed by atoms with Crippen molar-refractivity contribution in [2.45, 2.75) is 11.3 Å². The van der Waals surface area contributed by atoms with Crippen LogP contribution in [0.4, 0.5) is 5.69 Å². The number of hydrogen-bond acceptors (Lipinski definition) is 6. The Kier molecular flexibility index (Phi) is 6.22. The lowest BCUT2D eigenvalue weighted by Crippen LogP contribution is -2.47. The van der Waals surface area contributed by atoms with E-state index < -0.39 is 10.0 Å². The van der Waals surface area contributed by atoms with Crippen LogP contribution >= 0.6 is 0 Å². The molecule has 0 bridgehead atoms. The summed E-state index contributed by atoms with van der Waals surface area (Å²) in [5, 5.41) is 0. The number of rotatable bonds is 7. The summed E-state index contributed by atoms with van der Waals surface area (Å²) in [7, 11) is -3.55. The lowest BCUT2D eigenvalue weighted by molar-refractivity contribution is 0.171. The van der Waals surface area contributed by atoms with Crippen molar-refractivity contribution in [2.75, 3.05) is 57.4 Å². The lowest BCUT2D eigenvalue weighted by Gasteiger charge is -2.36. The summed E-state index contributed by atoms with van der Waals surface area (Å²) < 4.78 is 38.7. The van der Waals surface area contributed by atoms with Crippen molar-refractivity contribution in [3.8, 4) is 11.5 Å². The van der Waals surface area contributed by atoms with Crippen LogP contribution in [0.2, 0.25) is 0 Å². The van der Waals surface area contributed by atoms with Gasteiger partial charge in [-0.05, 0) is 37.2 Å². The van der Waals surface area contributed by atoms with Crippen molar-refractivity contribution in [2.24, 2.45) is 0 Å². The van der Waals surface area contributed by atoms with Crippen molar-refractivity contribution < 1.29 is 17.9 Å². The third-order valence-corrected chi connectivity index (χ3v) is 6.72. The predicted octanol–water partition coefficient (Wildman–Crippen LogP) is 1.95. The maximum atomic E-state index is 12.5. The van der Waals surface area contributed by atoms with Gasteiger partial charge in [-0.2, -0.15) is 0 Å². The molecular weight excluding hydrogens is 390 g/mol. The first kappa shape index (κ1) is 20.0. The fourth-order valence-corrected chi connectivity index (χ4v) is 4.74. The molecule has 0 unspecified atom stereocenters. The molecule has 156 valence electrons. The van der Waals surface area contributed by atoms with E-state index in [2.05, 4.69) is 38.8 Å². The normalized spacial score (nSPS) is 17.3. The van der Waals surface area contributed by atoms with Gasteiger partial charge in [-0.3, -0.25) is 4.90 Å². The van der Waals surface area contributed by atoms with Crippen LogP contribution in [0.3, 0.4) is 0 Å². The van der Waals surface area contributed by atoms with Crippen LogP contribution in [0.1, 0.15) is 6.42 Å². The third kappa shape index (κ3) is 5.01. The minimum absolute atomic E-state index is 0.207. The van der Waals surface area contributed by atoms with Crippen molar-refractivity contribution in [1.82, 2.24) is 9.62 Å². The highest BCUT2D eigenvalue weighted by molar-refractivity contribution is 7.89. The summed E-state index contributed by atoms with van der Waals surface area (Å²) in [6.45, 7) is 6.17. The lowest BCUT2D eigenvalue weighted by atomic mass is 10.2. The van der Waals surface area contributed by atoms with Gasteiger partial charge in [-0.15, -0.1) is 0 Å². The second-order valence-corrected chi connectivity index (χ2v) is 8.99. The highest BCUT2D eigenvalue weighted by Crippen LogP contribution is 2.32. The SMILES string of the molecule is O=S(=O)(NCCCN1CCN(c2ccccc2)CC1)c1ccc2c(c1)OCCO2. The van der Waals surface area contributed by atoms with Crippen LogP contribution in [-0.2, 0) is 10.0 Å². The van der Waals surface area contributed by atoms with Gasteiger partial charge >= 0.3 is 0 Å². The number of para-hydroxylation sites is 1. The Labute approximate surface area is 172 Å². The Morgan fingerprint density at radius 2 is 1.62 bits per heavy atom. The molecule has 2 aliphatic heterocycles. The zero-order valence-corrected chi connectivity index (χ0v) is 17.2.